The molecule has 0 N–H and O–H groups in total. The molecule has 0 saturated carbocycles. The Hall–Kier alpha value is -3.48. The standard InChI is InChI=1S/C24H24N2O5/c1-15-12-25(16(2)10-21(15)27)24(30)31-14-18-7-5-6-17(11-18)13-26-22(28)19-8-3-4-9-20(19)23(26)29/h3-9,11,15-16H,10,12-14H2,1-2H3/t15-,16-/m0/s1. The highest BCUT2D eigenvalue weighted by atomic mass is 16.6. The average molecular weight is 420 g/mol. The van der Waals surface area contributed by atoms with E-state index in [0.29, 0.717) is 24.1 Å². The number of ketones is 1. The van der Waals surface area contributed by atoms with Crippen LogP contribution < -0.4 is 0 Å². The molecule has 0 unspecified atom stereocenters. The van der Waals surface area contributed by atoms with Crippen LogP contribution in [0, 0.1) is 5.92 Å². The smallest absolute Gasteiger partial charge is 0.410 e. The number of Topliss-reactive ketones (excluding diaryl/α,β-unsaturated/α-hetero) is 1. The van der Waals surface area contributed by atoms with Crippen LogP contribution in [0.15, 0.2) is 48.5 Å². The Morgan fingerprint density at radius 3 is 2.29 bits per heavy atom. The van der Waals surface area contributed by atoms with Gasteiger partial charge in [-0.2, -0.15) is 0 Å². The van der Waals surface area contributed by atoms with E-state index in [-0.39, 0.29) is 42.7 Å². The summed E-state index contributed by atoms with van der Waals surface area (Å²) in [6.07, 6.45) is -0.107. The van der Waals surface area contributed by atoms with Gasteiger partial charge in [-0.1, -0.05) is 43.3 Å². The minimum absolute atomic E-state index is 0.0698. The molecule has 0 aromatic heterocycles. The van der Waals surface area contributed by atoms with Crippen molar-refractivity contribution in [3.8, 4) is 0 Å². The average Bonchev–Trinajstić information content (AvgIpc) is 3.00. The summed E-state index contributed by atoms with van der Waals surface area (Å²) in [7, 11) is 0. The van der Waals surface area contributed by atoms with E-state index < -0.39 is 6.09 Å². The molecule has 1 fully saturated rings. The normalized spacial score (nSPS) is 20.8. The predicted octanol–water partition coefficient (Wildman–Crippen LogP) is 3.42. The van der Waals surface area contributed by atoms with Gasteiger partial charge in [0.25, 0.3) is 11.8 Å². The molecule has 0 spiro atoms. The van der Waals surface area contributed by atoms with Gasteiger partial charge in [0.1, 0.15) is 12.4 Å². The summed E-state index contributed by atoms with van der Waals surface area (Å²) in [5.74, 6) is -0.635. The van der Waals surface area contributed by atoms with Gasteiger partial charge in [-0.05, 0) is 30.2 Å². The summed E-state index contributed by atoms with van der Waals surface area (Å²) < 4.78 is 5.47. The summed E-state index contributed by atoms with van der Waals surface area (Å²) in [4.78, 5) is 52.3. The van der Waals surface area contributed by atoms with Crippen LogP contribution in [0.3, 0.4) is 0 Å². The minimum atomic E-state index is -0.447. The topological polar surface area (TPSA) is 84.0 Å². The molecule has 7 heteroatoms. The van der Waals surface area contributed by atoms with Crippen molar-refractivity contribution in [1.82, 2.24) is 9.80 Å². The summed E-state index contributed by atoms with van der Waals surface area (Å²) in [6, 6.07) is 13.9. The van der Waals surface area contributed by atoms with Crippen molar-refractivity contribution in [2.45, 2.75) is 39.5 Å². The Labute approximate surface area is 180 Å². The zero-order valence-corrected chi connectivity index (χ0v) is 17.5. The maximum atomic E-state index is 12.6. The Kier molecular flexibility index (Phi) is 5.59. The molecule has 0 bridgehead atoms. The van der Waals surface area contributed by atoms with Crippen molar-refractivity contribution in [2.75, 3.05) is 6.54 Å². The van der Waals surface area contributed by atoms with Gasteiger partial charge in [0, 0.05) is 24.9 Å². The molecule has 1 saturated heterocycles. The van der Waals surface area contributed by atoms with Gasteiger partial charge in [0.15, 0.2) is 0 Å². The Morgan fingerprint density at radius 1 is 0.968 bits per heavy atom. The third-order valence-corrected chi connectivity index (χ3v) is 5.86. The van der Waals surface area contributed by atoms with Gasteiger partial charge in [-0.3, -0.25) is 19.3 Å². The molecule has 0 aliphatic carbocycles. The number of nitrogens with zero attached hydrogens (tertiary/aromatic N) is 2. The van der Waals surface area contributed by atoms with E-state index in [2.05, 4.69) is 0 Å². The molecule has 31 heavy (non-hydrogen) atoms. The molecule has 2 atom stereocenters. The fraction of sp³-hybridized carbons (Fsp3) is 0.333. The van der Waals surface area contributed by atoms with Crippen molar-refractivity contribution in [3.63, 3.8) is 0 Å². The van der Waals surface area contributed by atoms with Gasteiger partial charge in [0.2, 0.25) is 0 Å². The maximum Gasteiger partial charge on any atom is 0.410 e. The monoisotopic (exact) mass is 420 g/mol. The van der Waals surface area contributed by atoms with Crippen LogP contribution in [-0.4, -0.2) is 46.1 Å². The summed E-state index contributed by atoms with van der Waals surface area (Å²) in [6.45, 7) is 4.24. The van der Waals surface area contributed by atoms with Crippen LogP contribution in [0.5, 0.6) is 0 Å². The summed E-state index contributed by atoms with van der Waals surface area (Å²) in [5.41, 5.74) is 2.37. The fourth-order valence-corrected chi connectivity index (χ4v) is 4.04. The number of fused-ring (bicyclic) bond motifs is 1. The van der Waals surface area contributed by atoms with Crippen LogP contribution in [0.4, 0.5) is 4.79 Å². The SMILES string of the molecule is C[C@H]1CN(C(=O)OCc2cccc(CN3C(=O)c4ccccc4C3=O)c2)[C@@H](C)CC1=O. The molecule has 2 heterocycles. The molecule has 2 aliphatic heterocycles. The quantitative estimate of drug-likeness (QED) is 0.708. The number of carbonyl (C=O) groups excluding carboxylic acids is 4. The highest BCUT2D eigenvalue weighted by Gasteiger charge is 2.35. The third kappa shape index (κ3) is 4.08. The van der Waals surface area contributed by atoms with E-state index in [1.807, 2.05) is 32.0 Å². The second-order valence-electron chi connectivity index (χ2n) is 8.19. The number of hydrogen-bond donors (Lipinski definition) is 0. The molecule has 2 aromatic rings. The van der Waals surface area contributed by atoms with E-state index >= 15 is 0 Å². The van der Waals surface area contributed by atoms with Crippen LogP contribution in [0.25, 0.3) is 0 Å². The number of likely N-dealkylation sites (tertiary alicyclic amines) is 1. The van der Waals surface area contributed by atoms with Gasteiger partial charge < -0.3 is 9.64 Å². The molecular formula is C24H24N2O5. The van der Waals surface area contributed by atoms with E-state index in [1.165, 1.54) is 4.90 Å². The molecular weight excluding hydrogens is 396 g/mol. The minimum Gasteiger partial charge on any atom is -0.445 e. The molecule has 4 rings (SSSR count). The lowest BCUT2D eigenvalue weighted by molar-refractivity contribution is -0.126. The van der Waals surface area contributed by atoms with Gasteiger partial charge >= 0.3 is 6.09 Å². The first-order valence-corrected chi connectivity index (χ1v) is 10.3. The van der Waals surface area contributed by atoms with Crippen LogP contribution in [0.1, 0.15) is 52.1 Å². The molecule has 3 amide bonds. The van der Waals surface area contributed by atoms with Crippen LogP contribution in [0.2, 0.25) is 0 Å². The molecule has 7 nitrogen and oxygen atoms in total. The predicted molar refractivity (Wildman–Crippen MR) is 112 cm³/mol. The second-order valence-corrected chi connectivity index (χ2v) is 8.19. The lowest BCUT2D eigenvalue weighted by Crippen LogP contribution is -2.48. The van der Waals surface area contributed by atoms with Crippen molar-refractivity contribution in [3.05, 3.63) is 70.8 Å². The summed E-state index contributed by atoms with van der Waals surface area (Å²) in [5, 5.41) is 0. The number of amides is 3. The number of hydrogen-bond acceptors (Lipinski definition) is 5. The lowest BCUT2D eigenvalue weighted by Gasteiger charge is -2.34. The molecule has 0 radical (unpaired) electrons. The largest absolute Gasteiger partial charge is 0.445 e. The van der Waals surface area contributed by atoms with E-state index in [4.69, 9.17) is 4.74 Å². The van der Waals surface area contributed by atoms with Crippen molar-refractivity contribution in [2.24, 2.45) is 5.92 Å². The Bertz CT molecular complexity index is 1030. The zero-order chi connectivity index (χ0) is 22.1. The molecule has 160 valence electrons. The first kappa shape index (κ1) is 20.8. The summed E-state index contributed by atoms with van der Waals surface area (Å²) >= 11 is 0. The Morgan fingerprint density at radius 2 is 1.61 bits per heavy atom. The number of rotatable bonds is 4. The highest BCUT2D eigenvalue weighted by Crippen LogP contribution is 2.25. The number of carbonyl (C=O) groups is 4. The number of piperidine rings is 1. The van der Waals surface area contributed by atoms with Crippen LogP contribution in [-0.2, 0) is 22.7 Å². The third-order valence-electron chi connectivity index (χ3n) is 5.86. The highest BCUT2D eigenvalue weighted by molar-refractivity contribution is 6.21. The molecule has 2 aliphatic rings. The lowest BCUT2D eigenvalue weighted by atomic mass is 9.94. The maximum absolute atomic E-state index is 12.6. The first-order valence-electron chi connectivity index (χ1n) is 10.3. The molecule has 2 aromatic carbocycles. The fourth-order valence-electron chi connectivity index (χ4n) is 4.04. The van der Waals surface area contributed by atoms with Gasteiger partial charge in [0.05, 0.1) is 17.7 Å². The first-order chi connectivity index (χ1) is 14.8. The van der Waals surface area contributed by atoms with Crippen LogP contribution >= 0.6 is 0 Å². The van der Waals surface area contributed by atoms with Gasteiger partial charge in [-0.15, -0.1) is 0 Å². The second kappa shape index (κ2) is 8.34. The zero-order valence-electron chi connectivity index (χ0n) is 17.5. The number of imide groups is 1. The Balaban J connectivity index is 1.39. The van der Waals surface area contributed by atoms with Crippen molar-refractivity contribution < 1.29 is 23.9 Å². The van der Waals surface area contributed by atoms with Crippen molar-refractivity contribution >= 4 is 23.7 Å². The number of ether oxygens (including phenoxy) is 1. The number of benzene rings is 2. The van der Waals surface area contributed by atoms with E-state index in [0.717, 1.165) is 11.1 Å². The van der Waals surface area contributed by atoms with Crippen molar-refractivity contribution in [1.29, 1.82) is 0 Å². The van der Waals surface area contributed by atoms with E-state index in [1.54, 1.807) is 35.2 Å². The van der Waals surface area contributed by atoms with E-state index in [9.17, 15) is 19.2 Å². The van der Waals surface area contributed by atoms with Gasteiger partial charge in [-0.25, -0.2) is 4.79 Å².